The van der Waals surface area contributed by atoms with Crippen molar-refractivity contribution in [2.75, 3.05) is 12.4 Å². The third-order valence-electron chi connectivity index (χ3n) is 8.97. The molecule has 1 N–H and O–H groups in total. The van der Waals surface area contributed by atoms with E-state index in [0.29, 0.717) is 5.92 Å². The first-order chi connectivity index (χ1) is 16.7. The first kappa shape index (κ1) is 24.0. The summed E-state index contributed by atoms with van der Waals surface area (Å²) >= 11 is 0. The number of esters is 1. The Bertz CT molecular complexity index is 1150. The Kier molecular flexibility index (Phi) is 6.01. The highest BCUT2D eigenvalue weighted by Gasteiger charge is 2.56. The number of carbonyl (C=O) groups is 2. The van der Waals surface area contributed by atoms with Gasteiger partial charge in [0.2, 0.25) is 5.91 Å². The van der Waals surface area contributed by atoms with Crippen molar-refractivity contribution in [1.29, 1.82) is 0 Å². The fourth-order valence-electron chi connectivity index (χ4n) is 6.97. The lowest BCUT2D eigenvalue weighted by Crippen LogP contribution is -2.52. The average Bonchev–Trinajstić information content (AvgIpc) is 3.57. The highest BCUT2D eigenvalue weighted by molar-refractivity contribution is 5.93. The number of fused-ring (bicyclic) bond motifs is 3. The van der Waals surface area contributed by atoms with E-state index in [1.54, 1.807) is 4.68 Å². The van der Waals surface area contributed by atoms with Crippen molar-refractivity contribution in [2.24, 2.45) is 11.3 Å². The van der Waals surface area contributed by atoms with Crippen LogP contribution < -0.4 is 5.32 Å². The number of rotatable bonds is 6. The van der Waals surface area contributed by atoms with Gasteiger partial charge in [0.15, 0.2) is 0 Å². The van der Waals surface area contributed by atoms with E-state index in [2.05, 4.69) is 55.5 Å². The van der Waals surface area contributed by atoms with Crippen LogP contribution in [0.5, 0.6) is 0 Å². The van der Waals surface area contributed by atoms with Crippen LogP contribution >= 0.6 is 0 Å². The topological polar surface area (TPSA) is 86.1 Å². The predicted molar refractivity (Wildman–Crippen MR) is 134 cm³/mol. The number of amides is 1. The summed E-state index contributed by atoms with van der Waals surface area (Å²) < 4.78 is 6.92. The van der Waals surface area contributed by atoms with E-state index in [9.17, 15) is 9.59 Å². The van der Waals surface area contributed by atoms with E-state index < -0.39 is 5.41 Å². The lowest BCUT2D eigenvalue weighted by Gasteiger charge is -2.54. The molecule has 35 heavy (non-hydrogen) atoms. The first-order valence-electron chi connectivity index (χ1n) is 13.1. The van der Waals surface area contributed by atoms with Gasteiger partial charge in [0.05, 0.1) is 18.2 Å². The molecule has 0 spiro atoms. The number of hydrogen-bond acceptors (Lipinski definition) is 5. The molecule has 188 valence electrons. The van der Waals surface area contributed by atoms with Gasteiger partial charge in [0.25, 0.3) is 0 Å². The maximum Gasteiger partial charge on any atom is 0.311 e. The summed E-state index contributed by atoms with van der Waals surface area (Å²) in [6.45, 7) is 8.88. The van der Waals surface area contributed by atoms with Gasteiger partial charge in [0.1, 0.15) is 6.54 Å². The Morgan fingerprint density at radius 1 is 1.20 bits per heavy atom. The molecule has 0 bridgehead atoms. The number of hydrogen-bond donors (Lipinski definition) is 1. The number of aromatic nitrogens is 3. The van der Waals surface area contributed by atoms with E-state index in [-0.39, 0.29) is 35.7 Å². The molecule has 7 heteroatoms. The maximum atomic E-state index is 13.2. The number of ether oxygens (including phenoxy) is 1. The summed E-state index contributed by atoms with van der Waals surface area (Å²) in [7, 11) is 1.50. The zero-order chi connectivity index (χ0) is 25.0. The second-order valence-corrected chi connectivity index (χ2v) is 11.6. The molecule has 3 atom stereocenters. The Balaban J connectivity index is 1.47. The molecule has 3 aliphatic carbocycles. The van der Waals surface area contributed by atoms with Crippen LogP contribution in [0.4, 0.5) is 5.69 Å². The second kappa shape index (κ2) is 8.75. The minimum atomic E-state index is -0.480. The minimum Gasteiger partial charge on any atom is -0.469 e. The van der Waals surface area contributed by atoms with Crippen LogP contribution in [0.3, 0.4) is 0 Å². The van der Waals surface area contributed by atoms with Crippen LogP contribution in [0, 0.1) is 11.3 Å². The lowest BCUT2D eigenvalue weighted by atomic mass is 9.49. The minimum absolute atomic E-state index is 0.0807. The molecule has 0 saturated heterocycles. The molecule has 5 rings (SSSR count). The highest BCUT2D eigenvalue weighted by Crippen LogP contribution is 2.58. The van der Waals surface area contributed by atoms with E-state index in [1.807, 2.05) is 6.20 Å². The van der Waals surface area contributed by atoms with E-state index in [1.165, 1.54) is 18.2 Å². The van der Waals surface area contributed by atoms with Gasteiger partial charge in [-0.15, -0.1) is 5.10 Å². The van der Waals surface area contributed by atoms with E-state index in [0.717, 1.165) is 61.9 Å². The Labute approximate surface area is 208 Å². The SMILES string of the molecule is COC(=O)[C@]1(C)CCC[C@]2(C)c3ccc(C(C)C)c(NC(=O)Cn4cc(C5CC5)nn4)c3CC[C@@H]12. The third-order valence-corrected chi connectivity index (χ3v) is 8.97. The normalized spacial score (nSPS) is 27.8. The van der Waals surface area contributed by atoms with Crippen LogP contribution in [0.15, 0.2) is 18.3 Å². The molecule has 2 fully saturated rings. The smallest absolute Gasteiger partial charge is 0.311 e. The van der Waals surface area contributed by atoms with Crippen molar-refractivity contribution in [3.05, 3.63) is 40.7 Å². The monoisotopic (exact) mass is 478 g/mol. The van der Waals surface area contributed by atoms with Gasteiger partial charge < -0.3 is 10.1 Å². The zero-order valence-electron chi connectivity index (χ0n) is 21.7. The summed E-state index contributed by atoms with van der Waals surface area (Å²) in [6, 6.07) is 4.44. The van der Waals surface area contributed by atoms with Crippen molar-refractivity contribution in [3.8, 4) is 0 Å². The lowest BCUT2D eigenvalue weighted by molar-refractivity contribution is -0.161. The molecule has 0 radical (unpaired) electrons. The molecule has 2 aromatic rings. The number of carbonyl (C=O) groups excluding carboxylic acids is 2. The third kappa shape index (κ3) is 4.07. The summed E-state index contributed by atoms with van der Waals surface area (Å²) in [6.07, 6.45) is 8.86. The molecular weight excluding hydrogens is 440 g/mol. The van der Waals surface area contributed by atoms with E-state index >= 15 is 0 Å². The quantitative estimate of drug-likeness (QED) is 0.584. The number of nitrogens with zero attached hydrogens (tertiary/aromatic N) is 3. The molecule has 1 aromatic heterocycles. The fraction of sp³-hybridized carbons (Fsp3) is 0.643. The number of methoxy groups -OCH3 is 1. The zero-order valence-corrected chi connectivity index (χ0v) is 21.7. The van der Waals surface area contributed by atoms with E-state index in [4.69, 9.17) is 4.74 Å². The highest BCUT2D eigenvalue weighted by atomic mass is 16.5. The maximum absolute atomic E-state index is 13.2. The van der Waals surface area contributed by atoms with Crippen LogP contribution in [-0.4, -0.2) is 34.0 Å². The van der Waals surface area contributed by atoms with Crippen molar-refractivity contribution < 1.29 is 14.3 Å². The standard InChI is InChI=1S/C28H38N4O3/c1-17(2)19-9-11-21-20(10-12-23-27(21,3)13-6-14-28(23,4)26(34)35-5)25(19)29-24(33)16-32-15-22(30-31-32)18-7-8-18/h9,11,15,17-18,23H,6-8,10,12-14,16H2,1-5H3,(H,29,33)/t23-,27-,28-/m1/s1. The van der Waals surface area contributed by atoms with Gasteiger partial charge >= 0.3 is 5.97 Å². The van der Waals surface area contributed by atoms with Crippen LogP contribution in [-0.2, 0) is 32.7 Å². The molecule has 0 unspecified atom stereocenters. The molecule has 2 saturated carbocycles. The molecule has 1 aromatic carbocycles. The Morgan fingerprint density at radius 3 is 2.66 bits per heavy atom. The van der Waals surface area contributed by atoms with Crippen molar-refractivity contribution in [1.82, 2.24) is 15.0 Å². The number of nitrogens with one attached hydrogen (secondary N) is 1. The van der Waals surface area contributed by atoms with Gasteiger partial charge in [-0.05, 0) is 79.4 Å². The van der Waals surface area contributed by atoms with Crippen molar-refractivity contribution in [3.63, 3.8) is 0 Å². The summed E-state index contributed by atoms with van der Waals surface area (Å²) in [5.74, 6) is 0.833. The summed E-state index contributed by atoms with van der Waals surface area (Å²) in [5.41, 5.74) is 5.00. The van der Waals surface area contributed by atoms with Gasteiger partial charge in [-0.1, -0.05) is 44.5 Å². The van der Waals surface area contributed by atoms with Gasteiger partial charge in [-0.3, -0.25) is 9.59 Å². The number of benzene rings is 1. The van der Waals surface area contributed by atoms with Gasteiger partial charge in [-0.2, -0.15) is 0 Å². The van der Waals surface area contributed by atoms with Crippen LogP contribution in [0.1, 0.15) is 100 Å². The first-order valence-corrected chi connectivity index (χ1v) is 13.1. The average molecular weight is 479 g/mol. The number of anilines is 1. The molecule has 7 nitrogen and oxygen atoms in total. The summed E-state index contributed by atoms with van der Waals surface area (Å²) in [5, 5.41) is 11.7. The molecule has 3 aliphatic rings. The molecular formula is C28H38N4O3. The Hall–Kier alpha value is -2.70. The van der Waals surface area contributed by atoms with Crippen molar-refractivity contribution in [2.45, 2.75) is 96.4 Å². The van der Waals surface area contributed by atoms with Crippen molar-refractivity contribution >= 4 is 17.6 Å². The molecule has 1 amide bonds. The Morgan fingerprint density at radius 2 is 1.97 bits per heavy atom. The van der Waals surface area contributed by atoms with Gasteiger partial charge in [-0.25, -0.2) is 4.68 Å². The van der Waals surface area contributed by atoms with Gasteiger partial charge in [0, 0.05) is 17.8 Å². The second-order valence-electron chi connectivity index (χ2n) is 11.6. The molecule has 1 heterocycles. The molecule has 0 aliphatic heterocycles. The summed E-state index contributed by atoms with van der Waals surface area (Å²) in [4.78, 5) is 26.1. The largest absolute Gasteiger partial charge is 0.469 e. The predicted octanol–water partition coefficient (Wildman–Crippen LogP) is 5.10. The fourth-order valence-corrected chi connectivity index (χ4v) is 6.97. The van der Waals surface area contributed by atoms with Crippen LogP contribution in [0.2, 0.25) is 0 Å². The van der Waals surface area contributed by atoms with Crippen LogP contribution in [0.25, 0.3) is 0 Å².